The van der Waals surface area contributed by atoms with Gasteiger partial charge in [-0.1, -0.05) is 7.92 Å². The summed E-state index contributed by atoms with van der Waals surface area (Å²) >= 11 is 0. The van der Waals surface area contributed by atoms with E-state index >= 15 is 0 Å². The fourth-order valence-corrected chi connectivity index (χ4v) is 8.43. The molecular formula is C35H48N9O2P. The summed E-state index contributed by atoms with van der Waals surface area (Å²) in [5.41, 5.74) is 6.18. The molecular weight excluding hydrogens is 609 g/mol. The van der Waals surface area contributed by atoms with Gasteiger partial charge < -0.3 is 39.8 Å². The minimum Gasteiger partial charge on any atom is -0.494 e. The van der Waals surface area contributed by atoms with Gasteiger partial charge >= 0.3 is 0 Å². The highest BCUT2D eigenvalue weighted by molar-refractivity contribution is 7.64. The number of piperidine rings is 1. The van der Waals surface area contributed by atoms with Gasteiger partial charge in [-0.05, 0) is 70.0 Å². The summed E-state index contributed by atoms with van der Waals surface area (Å²) in [6.45, 7) is 15.1. The molecule has 3 N–H and O–H groups in total. The minimum absolute atomic E-state index is 0.458. The van der Waals surface area contributed by atoms with E-state index in [2.05, 4.69) is 93.8 Å². The van der Waals surface area contributed by atoms with Gasteiger partial charge in [0.15, 0.2) is 5.75 Å². The van der Waals surface area contributed by atoms with Gasteiger partial charge in [-0.2, -0.15) is 9.97 Å². The molecule has 0 spiro atoms. The zero-order valence-electron chi connectivity index (χ0n) is 28.6. The second kappa shape index (κ2) is 13.4. The zero-order chi connectivity index (χ0) is 32.7. The van der Waals surface area contributed by atoms with Gasteiger partial charge in [-0.15, -0.1) is 0 Å². The standard InChI is InChI=1S/C35H48N9O2P/c1-23-21-27(30(45-4)22-29(23)44-13-10-24(11-14-44)43-17-15-41(2)16-18-43)38-35-39-33-25(9-12-36-33)34(40-35)37-26-7-8-28-31(32(26)47(5)6)46-20-19-42(28)3/h7-9,12,21-22,24H,10-11,13-20H2,1-6H3,(H3,36,37,38,39,40). The third-order valence-electron chi connectivity index (χ3n) is 9.93. The molecule has 2 aromatic heterocycles. The van der Waals surface area contributed by atoms with Crippen molar-refractivity contribution >= 4 is 58.8 Å². The lowest BCUT2D eigenvalue weighted by atomic mass is 10.0. The summed E-state index contributed by atoms with van der Waals surface area (Å²) in [7, 11) is 5.62. The van der Waals surface area contributed by atoms with Crippen LogP contribution in [0.4, 0.5) is 34.5 Å². The van der Waals surface area contributed by atoms with E-state index in [0.717, 1.165) is 65.0 Å². The van der Waals surface area contributed by atoms with Crippen LogP contribution in [0, 0.1) is 6.92 Å². The first-order valence-corrected chi connectivity index (χ1v) is 19.0. The van der Waals surface area contributed by atoms with Crippen LogP contribution in [0.5, 0.6) is 11.5 Å². The van der Waals surface area contributed by atoms with E-state index in [9.17, 15) is 0 Å². The molecule has 0 amide bonds. The lowest BCUT2D eigenvalue weighted by Crippen LogP contribution is -2.52. The Morgan fingerprint density at radius 2 is 1.70 bits per heavy atom. The van der Waals surface area contributed by atoms with Crippen molar-refractivity contribution in [3.63, 3.8) is 0 Å². The number of piperazine rings is 1. The Kier molecular flexibility index (Phi) is 9.05. The molecule has 250 valence electrons. The van der Waals surface area contributed by atoms with E-state index < -0.39 is 7.92 Å². The van der Waals surface area contributed by atoms with E-state index in [1.807, 2.05) is 12.3 Å². The zero-order valence-corrected chi connectivity index (χ0v) is 29.5. The van der Waals surface area contributed by atoms with Crippen molar-refractivity contribution in [2.75, 3.05) is 107 Å². The molecule has 0 radical (unpaired) electrons. The Hall–Kier alpha value is -3.79. The van der Waals surface area contributed by atoms with Gasteiger partial charge in [0, 0.05) is 75.6 Å². The number of benzene rings is 2. The number of nitrogens with zero attached hydrogens (tertiary/aromatic N) is 6. The smallest absolute Gasteiger partial charge is 0.231 e. The van der Waals surface area contributed by atoms with Crippen molar-refractivity contribution in [1.29, 1.82) is 0 Å². The van der Waals surface area contributed by atoms with Crippen LogP contribution >= 0.6 is 7.92 Å². The monoisotopic (exact) mass is 657 g/mol. The third-order valence-corrected chi connectivity index (χ3v) is 11.3. The molecule has 2 aromatic carbocycles. The number of rotatable bonds is 8. The average molecular weight is 658 g/mol. The van der Waals surface area contributed by atoms with Gasteiger partial charge in [-0.3, -0.25) is 4.90 Å². The number of fused-ring (bicyclic) bond motifs is 2. The van der Waals surface area contributed by atoms with Crippen molar-refractivity contribution in [3.8, 4) is 11.5 Å². The number of nitrogens with one attached hydrogen (secondary N) is 3. The minimum atomic E-state index is -0.458. The number of aryl methyl sites for hydroxylation is 1. The Bertz CT molecular complexity index is 1730. The quantitative estimate of drug-likeness (QED) is 0.220. The molecule has 3 aliphatic rings. The van der Waals surface area contributed by atoms with Crippen molar-refractivity contribution in [1.82, 2.24) is 24.8 Å². The number of likely N-dealkylation sites (N-methyl/N-ethyl adjacent to an activating group) is 2. The Morgan fingerprint density at radius 3 is 2.45 bits per heavy atom. The van der Waals surface area contributed by atoms with Crippen LogP contribution in [0.3, 0.4) is 0 Å². The van der Waals surface area contributed by atoms with Crippen molar-refractivity contribution < 1.29 is 9.47 Å². The predicted octanol–water partition coefficient (Wildman–Crippen LogP) is 5.17. The summed E-state index contributed by atoms with van der Waals surface area (Å²) < 4.78 is 12.2. The predicted molar refractivity (Wildman–Crippen MR) is 196 cm³/mol. The first kappa shape index (κ1) is 31.8. The molecule has 0 saturated carbocycles. The van der Waals surface area contributed by atoms with Crippen molar-refractivity contribution in [2.45, 2.75) is 25.8 Å². The Morgan fingerprint density at radius 1 is 0.915 bits per heavy atom. The third kappa shape index (κ3) is 6.41. The maximum Gasteiger partial charge on any atom is 0.231 e. The van der Waals surface area contributed by atoms with Crippen molar-refractivity contribution in [3.05, 3.63) is 42.1 Å². The molecule has 12 heteroatoms. The fourth-order valence-electron chi connectivity index (χ4n) is 7.24. The molecule has 4 aromatic rings. The van der Waals surface area contributed by atoms with Crippen LogP contribution in [0.25, 0.3) is 11.0 Å². The normalized spacial score (nSPS) is 18.0. The Balaban J connectivity index is 1.13. The second-order valence-electron chi connectivity index (χ2n) is 13.3. The Labute approximate surface area is 279 Å². The molecule has 0 unspecified atom stereocenters. The van der Waals surface area contributed by atoms with Crippen LogP contribution < -0.4 is 35.2 Å². The molecule has 2 saturated heterocycles. The molecule has 11 nitrogen and oxygen atoms in total. The number of hydrogen-bond acceptors (Lipinski definition) is 10. The molecule has 47 heavy (non-hydrogen) atoms. The maximum atomic E-state index is 6.23. The lowest BCUT2D eigenvalue weighted by Gasteiger charge is -2.43. The molecule has 3 aliphatic heterocycles. The highest BCUT2D eigenvalue weighted by Crippen LogP contribution is 2.42. The van der Waals surface area contributed by atoms with Crippen LogP contribution in [-0.4, -0.2) is 118 Å². The SMILES string of the molecule is COc1cc(N2CCC(N3CCN(C)CC3)CC2)c(C)cc1Nc1nc(Nc2ccc3c(c2P(C)C)OCCN3C)c2cc[nH]c2n1. The number of methoxy groups -OCH3 is 1. The topological polar surface area (TPSA) is 97.0 Å². The van der Waals surface area contributed by atoms with Gasteiger partial charge in [0.2, 0.25) is 5.95 Å². The molecule has 5 heterocycles. The largest absolute Gasteiger partial charge is 0.494 e. The number of H-pyrrole nitrogens is 1. The number of aromatic amines is 1. The van der Waals surface area contributed by atoms with Gasteiger partial charge in [0.05, 0.1) is 36.1 Å². The first-order chi connectivity index (χ1) is 22.8. The van der Waals surface area contributed by atoms with Gasteiger partial charge in [0.25, 0.3) is 0 Å². The van der Waals surface area contributed by atoms with Crippen LogP contribution in [0.2, 0.25) is 0 Å². The van der Waals surface area contributed by atoms with Crippen LogP contribution in [0.1, 0.15) is 18.4 Å². The second-order valence-corrected chi connectivity index (χ2v) is 15.5. The first-order valence-electron chi connectivity index (χ1n) is 16.7. The summed E-state index contributed by atoms with van der Waals surface area (Å²) in [5, 5.41) is 9.28. The molecule has 0 aliphatic carbocycles. The van der Waals surface area contributed by atoms with Crippen LogP contribution in [-0.2, 0) is 0 Å². The lowest BCUT2D eigenvalue weighted by molar-refractivity contribution is 0.0982. The summed E-state index contributed by atoms with van der Waals surface area (Å²) in [4.78, 5) is 23.0. The number of anilines is 6. The molecule has 0 atom stereocenters. The number of hydrogen-bond donors (Lipinski definition) is 3. The highest BCUT2D eigenvalue weighted by atomic mass is 31.1. The molecule has 0 bridgehead atoms. The summed E-state index contributed by atoms with van der Waals surface area (Å²) in [6.07, 6.45) is 4.29. The van der Waals surface area contributed by atoms with Gasteiger partial charge in [0.1, 0.15) is 23.8 Å². The number of aromatic nitrogens is 3. The number of ether oxygens (including phenoxy) is 2. The van der Waals surface area contributed by atoms with Crippen molar-refractivity contribution in [2.24, 2.45) is 0 Å². The summed E-state index contributed by atoms with van der Waals surface area (Å²) in [5.74, 6) is 2.97. The van der Waals surface area contributed by atoms with E-state index in [1.165, 1.54) is 55.6 Å². The van der Waals surface area contributed by atoms with E-state index in [4.69, 9.17) is 19.4 Å². The average Bonchev–Trinajstić information content (AvgIpc) is 3.54. The van der Waals surface area contributed by atoms with E-state index in [-0.39, 0.29) is 0 Å². The van der Waals surface area contributed by atoms with E-state index in [1.54, 1.807) is 7.11 Å². The molecule has 2 fully saturated rings. The maximum absolute atomic E-state index is 6.23. The van der Waals surface area contributed by atoms with Crippen LogP contribution in [0.15, 0.2) is 36.5 Å². The highest BCUT2D eigenvalue weighted by Gasteiger charge is 2.28. The fraction of sp³-hybridized carbons (Fsp3) is 0.486. The molecule has 7 rings (SSSR count). The van der Waals surface area contributed by atoms with E-state index in [0.29, 0.717) is 18.6 Å². The summed E-state index contributed by atoms with van der Waals surface area (Å²) in [6, 6.07) is 11.3. The van der Waals surface area contributed by atoms with Gasteiger partial charge in [-0.25, -0.2) is 0 Å².